The zero-order valence-electron chi connectivity index (χ0n) is 13.3. The summed E-state index contributed by atoms with van der Waals surface area (Å²) >= 11 is 0. The molecular formula is C15H17N5O4S. The summed E-state index contributed by atoms with van der Waals surface area (Å²) in [6.45, 7) is 0.882. The molecule has 1 aromatic carbocycles. The fourth-order valence-electron chi connectivity index (χ4n) is 2.59. The highest BCUT2D eigenvalue weighted by molar-refractivity contribution is 7.89. The first kappa shape index (κ1) is 17.1. The highest BCUT2D eigenvalue weighted by Gasteiger charge is 2.29. The van der Waals surface area contributed by atoms with Gasteiger partial charge in [0.2, 0.25) is 10.0 Å². The number of H-pyrrole nitrogens is 1. The van der Waals surface area contributed by atoms with Gasteiger partial charge in [-0.3, -0.25) is 15.5 Å². The van der Waals surface area contributed by atoms with Crippen LogP contribution in [0.4, 0.5) is 11.4 Å². The van der Waals surface area contributed by atoms with E-state index in [-0.39, 0.29) is 16.3 Å². The molecule has 10 heteroatoms. The second kappa shape index (κ2) is 7.03. The maximum Gasteiger partial charge on any atom is 0.295 e. The van der Waals surface area contributed by atoms with Crippen molar-refractivity contribution in [3.05, 3.63) is 52.3 Å². The molecule has 2 N–H and O–H groups in total. The van der Waals surface area contributed by atoms with E-state index in [2.05, 4.69) is 15.5 Å². The molecule has 1 aromatic heterocycles. The number of benzene rings is 1. The lowest BCUT2D eigenvalue weighted by molar-refractivity contribution is -0.384. The Morgan fingerprint density at radius 1 is 1.28 bits per heavy atom. The van der Waals surface area contributed by atoms with Crippen molar-refractivity contribution in [1.82, 2.24) is 9.29 Å². The monoisotopic (exact) mass is 363 g/mol. The second-order valence-corrected chi connectivity index (χ2v) is 7.48. The highest BCUT2D eigenvalue weighted by atomic mass is 32.2. The van der Waals surface area contributed by atoms with E-state index in [0.29, 0.717) is 13.1 Å². The summed E-state index contributed by atoms with van der Waals surface area (Å²) in [6.07, 6.45) is 4.79. The molecular weight excluding hydrogens is 346 g/mol. The molecule has 1 aliphatic heterocycles. The Balaban J connectivity index is 1.86. The Morgan fingerprint density at radius 2 is 2.04 bits per heavy atom. The van der Waals surface area contributed by atoms with E-state index in [4.69, 9.17) is 0 Å². The average molecular weight is 363 g/mol. The minimum Gasteiger partial charge on any atom is -0.360 e. The number of aromatic amines is 1. The molecule has 132 valence electrons. The summed E-state index contributed by atoms with van der Waals surface area (Å²) in [6, 6.07) is 7.35. The zero-order valence-corrected chi connectivity index (χ0v) is 14.1. The maximum absolute atomic E-state index is 12.5. The van der Waals surface area contributed by atoms with Gasteiger partial charge in [0.25, 0.3) is 5.69 Å². The van der Waals surface area contributed by atoms with Crippen molar-refractivity contribution in [1.29, 1.82) is 0 Å². The molecule has 25 heavy (non-hydrogen) atoms. The van der Waals surface area contributed by atoms with Crippen LogP contribution in [-0.4, -0.2) is 41.9 Å². The smallest absolute Gasteiger partial charge is 0.295 e. The van der Waals surface area contributed by atoms with Crippen molar-refractivity contribution in [3.63, 3.8) is 0 Å². The van der Waals surface area contributed by atoms with Crippen LogP contribution < -0.4 is 5.43 Å². The number of nitro groups is 1. The topological polar surface area (TPSA) is 121 Å². The Hall–Kier alpha value is -2.72. The van der Waals surface area contributed by atoms with Crippen LogP contribution >= 0.6 is 0 Å². The van der Waals surface area contributed by atoms with Crippen molar-refractivity contribution >= 4 is 27.6 Å². The van der Waals surface area contributed by atoms with Gasteiger partial charge in [-0.1, -0.05) is 0 Å². The number of anilines is 1. The molecule has 0 saturated carbocycles. The number of nitro benzene ring substituents is 1. The predicted molar refractivity (Wildman–Crippen MR) is 93.1 cm³/mol. The molecule has 0 bridgehead atoms. The second-order valence-electron chi connectivity index (χ2n) is 5.54. The van der Waals surface area contributed by atoms with Gasteiger partial charge >= 0.3 is 0 Å². The van der Waals surface area contributed by atoms with Crippen LogP contribution in [0.5, 0.6) is 0 Å². The van der Waals surface area contributed by atoms with Crippen LogP contribution in [0, 0.1) is 10.1 Å². The van der Waals surface area contributed by atoms with Gasteiger partial charge in [-0.05, 0) is 37.1 Å². The fraction of sp³-hybridized carbons (Fsp3) is 0.267. The van der Waals surface area contributed by atoms with Crippen molar-refractivity contribution in [2.45, 2.75) is 17.7 Å². The largest absolute Gasteiger partial charge is 0.360 e. The van der Waals surface area contributed by atoms with E-state index in [1.54, 1.807) is 18.3 Å². The first-order valence-electron chi connectivity index (χ1n) is 7.69. The highest BCUT2D eigenvalue weighted by Crippen LogP contribution is 2.30. The van der Waals surface area contributed by atoms with Crippen molar-refractivity contribution < 1.29 is 13.3 Å². The number of hydrazone groups is 1. The summed E-state index contributed by atoms with van der Waals surface area (Å²) in [5.41, 5.74) is 3.08. The first-order valence-corrected chi connectivity index (χ1v) is 9.13. The van der Waals surface area contributed by atoms with Crippen LogP contribution in [0.15, 0.2) is 46.5 Å². The van der Waals surface area contributed by atoms with Crippen LogP contribution in [-0.2, 0) is 10.0 Å². The lowest BCUT2D eigenvalue weighted by atomic mass is 10.3. The third kappa shape index (κ3) is 3.69. The molecule has 0 radical (unpaired) electrons. The Morgan fingerprint density at radius 3 is 2.68 bits per heavy atom. The quantitative estimate of drug-likeness (QED) is 0.463. The van der Waals surface area contributed by atoms with Gasteiger partial charge in [0.1, 0.15) is 5.69 Å². The molecule has 3 rings (SSSR count). The first-order chi connectivity index (χ1) is 12.0. The summed E-state index contributed by atoms with van der Waals surface area (Å²) in [5, 5.41) is 15.2. The van der Waals surface area contributed by atoms with E-state index >= 15 is 0 Å². The van der Waals surface area contributed by atoms with Crippen LogP contribution in [0.1, 0.15) is 18.5 Å². The van der Waals surface area contributed by atoms with E-state index in [0.717, 1.165) is 24.6 Å². The SMILES string of the molecule is O=[N+]([O-])c1cc(S(=O)(=O)N2CCCC2)ccc1N/N=C/c1ccc[nH]1. The summed E-state index contributed by atoms with van der Waals surface area (Å²) < 4.78 is 26.4. The number of sulfonamides is 1. The number of nitrogens with zero attached hydrogens (tertiary/aromatic N) is 3. The zero-order chi connectivity index (χ0) is 17.9. The Kier molecular flexibility index (Phi) is 4.81. The Bertz CT molecular complexity index is 887. The van der Waals surface area contributed by atoms with Crippen molar-refractivity contribution in [2.24, 2.45) is 5.10 Å². The van der Waals surface area contributed by atoms with Gasteiger partial charge in [0, 0.05) is 25.4 Å². The van der Waals surface area contributed by atoms with Crippen LogP contribution in [0.2, 0.25) is 0 Å². The summed E-state index contributed by atoms with van der Waals surface area (Å²) in [4.78, 5) is 13.5. The standard InChI is InChI=1S/C15H17N5O4S/c21-20(22)15-10-13(25(23,24)19-8-1-2-9-19)5-6-14(15)18-17-11-12-4-3-7-16-12/h3-7,10-11,16,18H,1-2,8-9H2/b17-11+. The lowest BCUT2D eigenvalue weighted by Crippen LogP contribution is -2.27. The number of aromatic nitrogens is 1. The van der Waals surface area contributed by atoms with E-state index in [9.17, 15) is 18.5 Å². The van der Waals surface area contributed by atoms with Gasteiger partial charge in [-0.25, -0.2) is 8.42 Å². The van der Waals surface area contributed by atoms with Gasteiger partial charge < -0.3 is 4.98 Å². The molecule has 0 amide bonds. The summed E-state index contributed by atoms with van der Waals surface area (Å²) in [7, 11) is -3.71. The number of nitrogens with one attached hydrogen (secondary N) is 2. The van der Waals surface area contributed by atoms with Gasteiger partial charge in [-0.2, -0.15) is 9.41 Å². The predicted octanol–water partition coefficient (Wildman–Crippen LogP) is 2.15. The molecule has 0 spiro atoms. The van der Waals surface area contributed by atoms with Gasteiger partial charge in [0.05, 0.1) is 21.7 Å². The minimum absolute atomic E-state index is 0.0833. The maximum atomic E-state index is 12.5. The number of hydrogen-bond acceptors (Lipinski definition) is 6. The molecule has 0 unspecified atom stereocenters. The molecule has 1 fully saturated rings. The molecule has 1 aliphatic rings. The van der Waals surface area contributed by atoms with E-state index in [1.165, 1.54) is 22.7 Å². The lowest BCUT2D eigenvalue weighted by Gasteiger charge is -2.15. The number of rotatable bonds is 6. The van der Waals surface area contributed by atoms with E-state index in [1.807, 2.05) is 0 Å². The normalized spacial score (nSPS) is 15.7. The number of hydrogen-bond donors (Lipinski definition) is 2. The third-order valence-corrected chi connectivity index (χ3v) is 5.77. The third-order valence-electron chi connectivity index (χ3n) is 3.88. The fourth-order valence-corrected chi connectivity index (χ4v) is 4.13. The average Bonchev–Trinajstić information content (AvgIpc) is 3.28. The van der Waals surface area contributed by atoms with E-state index < -0.39 is 14.9 Å². The molecule has 2 aromatic rings. The van der Waals surface area contributed by atoms with Gasteiger partial charge in [-0.15, -0.1) is 0 Å². The molecule has 0 atom stereocenters. The Labute approximate surface area is 144 Å². The molecule has 1 saturated heterocycles. The van der Waals surface area contributed by atoms with Gasteiger partial charge in [0.15, 0.2) is 0 Å². The van der Waals surface area contributed by atoms with Crippen molar-refractivity contribution in [3.8, 4) is 0 Å². The molecule has 9 nitrogen and oxygen atoms in total. The van der Waals surface area contributed by atoms with Crippen molar-refractivity contribution in [2.75, 3.05) is 18.5 Å². The van der Waals surface area contributed by atoms with Crippen LogP contribution in [0.25, 0.3) is 0 Å². The summed E-state index contributed by atoms with van der Waals surface area (Å²) in [5.74, 6) is 0. The molecule has 2 heterocycles. The minimum atomic E-state index is -3.71. The molecule has 0 aliphatic carbocycles. The van der Waals surface area contributed by atoms with Crippen LogP contribution in [0.3, 0.4) is 0 Å².